The van der Waals surface area contributed by atoms with Crippen molar-refractivity contribution >= 4 is 10.0 Å². The summed E-state index contributed by atoms with van der Waals surface area (Å²) >= 11 is 0. The fourth-order valence-electron chi connectivity index (χ4n) is 4.59. The molecule has 3 aromatic rings. The van der Waals surface area contributed by atoms with Crippen molar-refractivity contribution in [2.24, 2.45) is 0 Å². The van der Waals surface area contributed by atoms with Gasteiger partial charge < -0.3 is 14.8 Å². The van der Waals surface area contributed by atoms with Crippen LogP contribution in [0.1, 0.15) is 44.7 Å². The average Bonchev–Trinajstić information content (AvgIpc) is 3.53. The Morgan fingerprint density at radius 2 is 1.88 bits per heavy atom. The molecule has 4 rings (SSSR count). The van der Waals surface area contributed by atoms with Crippen molar-refractivity contribution in [2.75, 3.05) is 18.9 Å². The minimum atomic E-state index is -4.84. The fraction of sp³-hybridized carbons (Fsp3) is 0.464. The van der Waals surface area contributed by atoms with Gasteiger partial charge in [0.2, 0.25) is 15.9 Å². The number of rotatable bonds is 12. The predicted octanol–water partition coefficient (Wildman–Crippen LogP) is 5.35. The summed E-state index contributed by atoms with van der Waals surface area (Å²) in [7, 11) is -4.60. The molecule has 1 saturated heterocycles. The first-order valence-corrected chi connectivity index (χ1v) is 14.8. The van der Waals surface area contributed by atoms with Crippen molar-refractivity contribution in [3.8, 4) is 22.9 Å². The van der Waals surface area contributed by atoms with Crippen molar-refractivity contribution in [1.82, 2.24) is 19.8 Å². The maximum absolute atomic E-state index is 12.7. The van der Waals surface area contributed by atoms with Gasteiger partial charge in [0.05, 0.1) is 17.3 Å². The molecule has 1 aliphatic heterocycles. The smallest absolute Gasteiger partial charge is 0.404 e. The summed E-state index contributed by atoms with van der Waals surface area (Å²) in [5, 5.41) is 8.04. The molecule has 0 saturated carbocycles. The third-order valence-corrected chi connectivity index (χ3v) is 8.09. The molecule has 12 heteroatoms. The number of halogens is 3. The number of sulfonamides is 1. The lowest BCUT2D eigenvalue weighted by Gasteiger charge is -2.27. The van der Waals surface area contributed by atoms with Gasteiger partial charge >= 0.3 is 6.18 Å². The van der Waals surface area contributed by atoms with Crippen LogP contribution in [0.25, 0.3) is 11.3 Å². The molecule has 1 aromatic heterocycles. The number of hydrogen-bond acceptors (Lipinski definition) is 6. The predicted molar refractivity (Wildman–Crippen MR) is 147 cm³/mol. The molecular formula is C28H35F3N4O4S. The van der Waals surface area contributed by atoms with Crippen LogP contribution in [0.5, 0.6) is 11.6 Å². The molecule has 2 N–H and O–H groups in total. The van der Waals surface area contributed by atoms with E-state index in [-0.39, 0.29) is 6.10 Å². The maximum atomic E-state index is 12.7. The lowest BCUT2D eigenvalue weighted by Crippen LogP contribution is -2.44. The van der Waals surface area contributed by atoms with E-state index in [0.717, 1.165) is 38.1 Å². The van der Waals surface area contributed by atoms with E-state index in [4.69, 9.17) is 9.47 Å². The molecule has 0 bridgehead atoms. The van der Waals surface area contributed by atoms with E-state index >= 15 is 0 Å². The minimum Gasteiger partial charge on any atom is -0.439 e. The summed E-state index contributed by atoms with van der Waals surface area (Å²) in [5.41, 5.74) is 1.59. The number of ether oxygens (including phenoxy) is 2. The van der Waals surface area contributed by atoms with Crippen LogP contribution in [0.4, 0.5) is 13.2 Å². The van der Waals surface area contributed by atoms with Crippen LogP contribution in [0.2, 0.25) is 0 Å². The molecule has 2 heterocycles. The molecule has 40 heavy (non-hydrogen) atoms. The van der Waals surface area contributed by atoms with Crippen LogP contribution >= 0.6 is 0 Å². The highest BCUT2D eigenvalue weighted by molar-refractivity contribution is 7.89. The Balaban J connectivity index is 1.45. The number of nitrogens with zero attached hydrogens (tertiary/aromatic N) is 2. The molecule has 2 aromatic carbocycles. The van der Waals surface area contributed by atoms with E-state index in [2.05, 4.69) is 15.1 Å². The van der Waals surface area contributed by atoms with E-state index in [1.165, 1.54) is 13.8 Å². The number of nitrogens with one attached hydrogen (secondary N) is 2. The molecule has 0 aliphatic carbocycles. The molecule has 1 atom stereocenters. The van der Waals surface area contributed by atoms with Crippen molar-refractivity contribution in [2.45, 2.75) is 64.5 Å². The van der Waals surface area contributed by atoms with Gasteiger partial charge in [-0.3, -0.25) is 0 Å². The number of aryl methyl sites for hydroxylation is 1. The Labute approximate surface area is 232 Å². The Kier molecular flexibility index (Phi) is 9.23. The van der Waals surface area contributed by atoms with Crippen LogP contribution in [0, 0.1) is 0 Å². The zero-order chi connectivity index (χ0) is 29.0. The minimum absolute atomic E-state index is 0.289. The van der Waals surface area contributed by atoms with E-state index < -0.39 is 27.5 Å². The summed E-state index contributed by atoms with van der Waals surface area (Å²) in [6, 6.07) is 16.4. The molecule has 0 amide bonds. The summed E-state index contributed by atoms with van der Waals surface area (Å²) in [4.78, 5) is 0. The van der Waals surface area contributed by atoms with E-state index in [1.807, 2.05) is 31.2 Å². The molecule has 0 spiro atoms. The van der Waals surface area contributed by atoms with Crippen LogP contribution in [-0.4, -0.2) is 49.4 Å². The third-order valence-electron chi connectivity index (χ3n) is 6.56. The molecule has 0 unspecified atom stereocenters. The van der Waals surface area contributed by atoms with Crippen LogP contribution in [0.3, 0.4) is 0 Å². The lowest BCUT2D eigenvalue weighted by atomic mass is 9.93. The van der Waals surface area contributed by atoms with Gasteiger partial charge in [-0.25, -0.2) is 17.8 Å². The summed E-state index contributed by atoms with van der Waals surface area (Å²) in [5.74, 6) is -0.771. The Morgan fingerprint density at radius 1 is 1.12 bits per heavy atom. The number of alkyl halides is 3. The molecule has 1 aliphatic rings. The number of hydrogen-bond donors (Lipinski definition) is 2. The van der Waals surface area contributed by atoms with Gasteiger partial charge in [-0.1, -0.05) is 30.3 Å². The molecular weight excluding hydrogens is 545 g/mol. The number of benzene rings is 2. The number of aromatic nitrogens is 2. The van der Waals surface area contributed by atoms with Gasteiger partial charge in [0.15, 0.2) is 5.75 Å². The van der Waals surface area contributed by atoms with Gasteiger partial charge in [0.25, 0.3) is 0 Å². The maximum Gasteiger partial charge on any atom is 0.404 e. The normalized spacial score (nSPS) is 16.4. The zero-order valence-electron chi connectivity index (χ0n) is 22.8. The summed E-state index contributed by atoms with van der Waals surface area (Å²) < 4.78 is 78.0. The van der Waals surface area contributed by atoms with E-state index in [0.29, 0.717) is 35.0 Å². The largest absolute Gasteiger partial charge is 0.439 e. The highest BCUT2D eigenvalue weighted by atomic mass is 32.2. The second-order valence-corrected chi connectivity index (χ2v) is 12.1. The van der Waals surface area contributed by atoms with Gasteiger partial charge in [-0.15, -0.1) is 0 Å². The molecule has 8 nitrogen and oxygen atoms in total. The van der Waals surface area contributed by atoms with Crippen molar-refractivity contribution in [3.05, 3.63) is 65.7 Å². The Hall–Kier alpha value is -2.93. The standard InChI is InChI=1S/C28H35F3N4O4S/c1-4-35-26(39-23-12-10-20(11-13-23)17-32-18-24-9-6-14-38-24)16-25(33-35)21-7-5-8-22(15-21)27(2,3)34-40(36,37)19-28(29,30)31/h5,7-8,10-13,15-16,24,32,34H,4,6,9,14,17-19H2,1-3H3/t24-/m1/s1. The molecule has 1 fully saturated rings. The lowest BCUT2D eigenvalue weighted by molar-refractivity contribution is -0.106. The SMILES string of the molecule is CCn1nc(-c2cccc(C(C)(C)NS(=O)(=O)CC(F)(F)F)c2)cc1Oc1ccc(CNC[C@H]2CCCO2)cc1. The average molecular weight is 581 g/mol. The van der Waals surface area contributed by atoms with Crippen molar-refractivity contribution < 1.29 is 31.1 Å². The zero-order valence-corrected chi connectivity index (χ0v) is 23.6. The van der Waals surface area contributed by atoms with Crippen molar-refractivity contribution in [1.29, 1.82) is 0 Å². The second-order valence-electron chi connectivity index (χ2n) is 10.4. The quantitative estimate of drug-likeness (QED) is 0.300. The van der Waals surface area contributed by atoms with Gasteiger partial charge in [-0.2, -0.15) is 18.3 Å². The van der Waals surface area contributed by atoms with Crippen LogP contribution < -0.4 is 14.8 Å². The van der Waals surface area contributed by atoms with Gasteiger partial charge in [-0.05, 0) is 62.9 Å². The first-order chi connectivity index (χ1) is 18.8. The highest BCUT2D eigenvalue weighted by Crippen LogP contribution is 2.31. The Morgan fingerprint density at radius 3 is 2.52 bits per heavy atom. The fourth-order valence-corrected chi connectivity index (χ4v) is 5.99. The topological polar surface area (TPSA) is 94.5 Å². The summed E-state index contributed by atoms with van der Waals surface area (Å²) in [6.07, 6.45) is -2.34. The first kappa shape index (κ1) is 30.0. The van der Waals surface area contributed by atoms with E-state index in [1.54, 1.807) is 35.0 Å². The monoisotopic (exact) mass is 580 g/mol. The molecule has 0 radical (unpaired) electrons. The van der Waals surface area contributed by atoms with Crippen LogP contribution in [0.15, 0.2) is 54.6 Å². The van der Waals surface area contributed by atoms with Crippen LogP contribution in [-0.2, 0) is 33.4 Å². The Bertz CT molecular complexity index is 1380. The second kappa shape index (κ2) is 12.3. The van der Waals surface area contributed by atoms with Gasteiger partial charge in [0, 0.05) is 37.9 Å². The first-order valence-electron chi connectivity index (χ1n) is 13.2. The van der Waals surface area contributed by atoms with Gasteiger partial charge in [0.1, 0.15) is 5.75 Å². The summed E-state index contributed by atoms with van der Waals surface area (Å²) in [6.45, 7) is 7.90. The van der Waals surface area contributed by atoms with E-state index in [9.17, 15) is 21.6 Å². The highest BCUT2D eigenvalue weighted by Gasteiger charge is 2.38. The third kappa shape index (κ3) is 8.29. The molecule has 218 valence electrons. The van der Waals surface area contributed by atoms with Crippen molar-refractivity contribution in [3.63, 3.8) is 0 Å².